The fourth-order valence-electron chi connectivity index (χ4n) is 8.04. The van der Waals surface area contributed by atoms with E-state index in [0.29, 0.717) is 47.2 Å². The van der Waals surface area contributed by atoms with E-state index in [1.165, 1.54) is 47.1 Å². The molecule has 0 bridgehead atoms. The smallest absolute Gasteiger partial charge is 0.242 e. The number of nitrogens with zero attached hydrogens (tertiary/aromatic N) is 3. The number of carbonyl (C=O) groups is 5. The van der Waals surface area contributed by atoms with Crippen LogP contribution in [0.5, 0.6) is 5.75 Å². The molecule has 2 fully saturated rings. The molecule has 15 heteroatoms. The van der Waals surface area contributed by atoms with Crippen LogP contribution in [-0.4, -0.2) is 110 Å². The topological polar surface area (TPSA) is 149 Å². The van der Waals surface area contributed by atoms with Crippen LogP contribution in [0.2, 0.25) is 5.02 Å². The van der Waals surface area contributed by atoms with Crippen LogP contribution in [0, 0.1) is 12.8 Å². The van der Waals surface area contributed by atoms with E-state index < -0.39 is 6.04 Å². The highest BCUT2D eigenvalue weighted by Gasteiger charge is 2.27. The van der Waals surface area contributed by atoms with Gasteiger partial charge in [-0.25, -0.2) is 4.31 Å². The standard InChI is InChI=1S/C26H29ClN2O2S2.C26H37N3O4.2C2H6.CH4O/c1-17-6-4-7-19(12-17)16-32-29-11-10-22(13-18(29)2)28-21-9-5-8-20(14-21)26-24(27)25(31-3)23(15-30)33-26;1-5-22(10-6-9-21(2)3)24(23-13-16-28(19-31)17-14-23)11-7-15-29(20-32)25(12-8-18-30)26(33)27-4;3*1-2/h4-9,12,14-15,18,22,28H,10-11,13,16H2,1-3H3;5-7,9-11,15,18-20,23,25H,8,12-14,16-17H2,1-4H3,(H,27,33);2*1-2H3;2H,1H3/b;10-6-,15-7?,22-5-,24-11+;;;. The van der Waals surface area contributed by atoms with Crippen molar-refractivity contribution < 1.29 is 33.8 Å². The number of halogens is 1. The van der Waals surface area contributed by atoms with Crippen molar-refractivity contribution in [3.8, 4) is 16.2 Å². The second-order valence-corrected chi connectivity index (χ2v) is 19.1. The molecule has 3 unspecified atom stereocenters. The van der Waals surface area contributed by atoms with Crippen LogP contribution in [0.25, 0.3) is 10.4 Å². The Kier molecular flexibility index (Phi) is 33.7. The molecule has 2 aliphatic rings. The van der Waals surface area contributed by atoms with Crippen molar-refractivity contribution in [3.05, 3.63) is 129 Å². The van der Waals surface area contributed by atoms with Gasteiger partial charge in [-0.05, 0) is 113 Å². The Bertz CT molecular complexity index is 2250. The Morgan fingerprint density at radius 1 is 0.986 bits per heavy atom. The molecular formula is C57H82ClN5O7S2. The number of carbonyl (C=O) groups excluding carboxylic acids is 5. The lowest BCUT2D eigenvalue weighted by molar-refractivity contribution is -0.130. The van der Waals surface area contributed by atoms with Crippen molar-refractivity contribution in [3.63, 3.8) is 0 Å². The molecule has 0 spiro atoms. The Morgan fingerprint density at radius 3 is 2.24 bits per heavy atom. The van der Waals surface area contributed by atoms with Gasteiger partial charge in [-0.1, -0.05) is 129 Å². The van der Waals surface area contributed by atoms with E-state index in [9.17, 15) is 24.0 Å². The van der Waals surface area contributed by atoms with Crippen LogP contribution in [0.1, 0.15) is 115 Å². The largest absolute Gasteiger partial charge is 0.494 e. The van der Waals surface area contributed by atoms with Crippen LogP contribution in [0.15, 0.2) is 108 Å². The first-order valence-corrected chi connectivity index (χ1v) is 27.1. The maximum Gasteiger partial charge on any atom is 0.242 e. The van der Waals surface area contributed by atoms with Gasteiger partial charge in [-0.2, -0.15) is 0 Å². The average molecular weight is 1050 g/mol. The zero-order chi connectivity index (χ0) is 54.0. The number of aliphatic hydroxyl groups excluding tert-OH is 1. The number of anilines is 1. The number of nitrogens with one attached hydrogen (secondary N) is 2. The summed E-state index contributed by atoms with van der Waals surface area (Å²) in [7, 11) is 4.04. The Hall–Kier alpha value is -5.25. The van der Waals surface area contributed by atoms with Gasteiger partial charge in [-0.3, -0.25) is 19.2 Å². The van der Waals surface area contributed by atoms with E-state index in [4.69, 9.17) is 21.4 Å². The van der Waals surface area contributed by atoms with Crippen LogP contribution < -0.4 is 15.4 Å². The second kappa shape index (κ2) is 37.5. The zero-order valence-electron chi connectivity index (χ0n) is 44.8. The van der Waals surface area contributed by atoms with E-state index in [1.807, 2.05) is 90.8 Å². The number of piperidine rings is 2. The van der Waals surface area contributed by atoms with Crippen LogP contribution >= 0.6 is 34.9 Å². The highest BCUT2D eigenvalue weighted by molar-refractivity contribution is 7.96. The summed E-state index contributed by atoms with van der Waals surface area (Å²) in [6, 6.07) is 17.2. The van der Waals surface area contributed by atoms with Gasteiger partial charge in [0.1, 0.15) is 22.2 Å². The second-order valence-electron chi connectivity index (χ2n) is 16.6. The molecule has 3 heterocycles. The average Bonchev–Trinajstić information content (AvgIpc) is 3.74. The van der Waals surface area contributed by atoms with Crippen molar-refractivity contribution in [1.29, 1.82) is 0 Å². The van der Waals surface area contributed by atoms with Gasteiger partial charge in [0.2, 0.25) is 18.7 Å². The molecule has 5 rings (SSSR count). The fourth-order valence-corrected chi connectivity index (χ4v) is 10.5. The van der Waals surface area contributed by atoms with E-state index >= 15 is 0 Å². The third kappa shape index (κ3) is 21.5. The van der Waals surface area contributed by atoms with E-state index in [1.54, 1.807) is 17.2 Å². The maximum absolute atomic E-state index is 12.2. The van der Waals surface area contributed by atoms with Gasteiger partial charge < -0.3 is 35.1 Å². The van der Waals surface area contributed by atoms with Crippen molar-refractivity contribution in [1.82, 2.24) is 19.4 Å². The number of allylic oxidation sites excluding steroid dienone is 9. The molecule has 2 saturated heterocycles. The highest BCUT2D eigenvalue weighted by Crippen LogP contribution is 2.45. The normalized spacial score (nSPS) is 16.4. The van der Waals surface area contributed by atoms with Crippen molar-refractivity contribution in [2.75, 3.05) is 46.2 Å². The zero-order valence-corrected chi connectivity index (χ0v) is 47.2. The molecule has 0 aliphatic carbocycles. The fraction of sp³-hybridized carbons (Fsp3) is 0.456. The first-order chi connectivity index (χ1) is 34.9. The number of hydrogen-bond donors (Lipinski definition) is 3. The van der Waals surface area contributed by atoms with Gasteiger partial charge in [0.05, 0.1) is 12.0 Å². The van der Waals surface area contributed by atoms with Crippen LogP contribution in [0.4, 0.5) is 5.69 Å². The number of ether oxygens (including phenoxy) is 1. The lowest BCUT2D eigenvalue weighted by atomic mass is 9.84. The van der Waals surface area contributed by atoms with Gasteiger partial charge in [0.25, 0.3) is 0 Å². The first-order valence-electron chi connectivity index (χ1n) is 24.9. The van der Waals surface area contributed by atoms with Gasteiger partial charge >= 0.3 is 0 Å². The van der Waals surface area contributed by atoms with E-state index in [2.05, 4.69) is 77.3 Å². The van der Waals surface area contributed by atoms with Crippen molar-refractivity contribution in [2.45, 2.75) is 125 Å². The lowest BCUT2D eigenvalue weighted by Crippen LogP contribution is -2.42. The predicted molar refractivity (Wildman–Crippen MR) is 304 cm³/mol. The third-order valence-corrected chi connectivity index (χ3v) is 14.5. The Morgan fingerprint density at radius 2 is 1.68 bits per heavy atom. The number of methoxy groups -OCH3 is 1. The summed E-state index contributed by atoms with van der Waals surface area (Å²) in [4.78, 5) is 61.6. The number of rotatable bonds is 21. The minimum atomic E-state index is -0.750. The summed E-state index contributed by atoms with van der Waals surface area (Å²) < 4.78 is 7.84. The monoisotopic (exact) mass is 1050 g/mol. The van der Waals surface area contributed by atoms with E-state index in [0.717, 1.165) is 91.3 Å². The molecule has 2 aromatic carbocycles. The molecule has 0 radical (unpaired) electrons. The number of amides is 3. The summed E-state index contributed by atoms with van der Waals surface area (Å²) in [5.41, 5.74) is 8.14. The molecule has 3 atom stereocenters. The molecule has 72 heavy (non-hydrogen) atoms. The number of benzene rings is 2. The number of likely N-dealkylation sites (N-methyl/N-ethyl adjacent to an activating group) is 1. The van der Waals surface area contributed by atoms with Gasteiger partial charge in [-0.15, -0.1) is 11.3 Å². The molecule has 2 aliphatic heterocycles. The number of aldehydes is 2. The quantitative estimate of drug-likeness (QED) is 0.0535. The lowest BCUT2D eigenvalue weighted by Gasteiger charge is -2.37. The van der Waals surface area contributed by atoms with E-state index in [-0.39, 0.29) is 24.7 Å². The minimum absolute atomic E-state index is 0.185. The summed E-state index contributed by atoms with van der Waals surface area (Å²) in [6.45, 7) is 21.0. The number of thiophene rings is 1. The highest BCUT2D eigenvalue weighted by atomic mass is 35.5. The number of aryl methyl sites for hydroxylation is 1. The van der Waals surface area contributed by atoms with Crippen molar-refractivity contribution >= 4 is 71.9 Å². The van der Waals surface area contributed by atoms with Crippen LogP contribution in [0.3, 0.4) is 0 Å². The van der Waals surface area contributed by atoms with Crippen LogP contribution in [-0.2, 0) is 24.9 Å². The molecule has 1 aromatic heterocycles. The van der Waals surface area contributed by atoms with Crippen molar-refractivity contribution in [2.24, 2.45) is 5.92 Å². The molecule has 3 amide bonds. The molecule has 3 N–H and O–H groups in total. The summed E-state index contributed by atoms with van der Waals surface area (Å²) >= 11 is 9.80. The minimum Gasteiger partial charge on any atom is -0.494 e. The molecule has 12 nitrogen and oxygen atoms in total. The number of aliphatic hydroxyl groups is 1. The van der Waals surface area contributed by atoms with Gasteiger partial charge in [0.15, 0.2) is 12.0 Å². The Labute approximate surface area is 444 Å². The molecule has 0 saturated carbocycles. The SMILES string of the molecule is C/C=C(/C=C\C=C(C)C)C(=C/C=CN(C=O)C(CCC=O)C(=O)NC)\C1CCN(C=O)CC1.CC.CC.CO.COc1c(C=O)sc(-c2cccc(NC3CCN(SCc4cccc(C)c4)C(C)C3)c2)c1Cl. The summed E-state index contributed by atoms with van der Waals surface area (Å²) in [6.07, 6.45) is 20.8. The van der Waals surface area contributed by atoms with Gasteiger partial charge in [0, 0.05) is 69.9 Å². The first kappa shape index (κ1) is 64.8. The predicted octanol–water partition coefficient (Wildman–Crippen LogP) is 12.3. The molecule has 396 valence electrons. The maximum atomic E-state index is 12.2. The number of hydrogen-bond acceptors (Lipinski definition) is 11. The summed E-state index contributed by atoms with van der Waals surface area (Å²) in [5.74, 6) is 1.41. The summed E-state index contributed by atoms with van der Waals surface area (Å²) in [5, 5.41) is 13.8. The number of likely N-dealkylation sites (tertiary alicyclic amines) is 1. The third-order valence-electron chi connectivity index (χ3n) is 11.5. The molecule has 3 aromatic rings. The Balaban J connectivity index is 0.000000652. The molecular weight excluding hydrogens is 966 g/mol.